The Kier molecular flexibility index (Phi) is 7.14. The van der Waals surface area contributed by atoms with Crippen LogP contribution in [0.5, 0.6) is 0 Å². The van der Waals surface area contributed by atoms with Crippen LogP contribution in [0.25, 0.3) is 89.2 Å². The Bertz CT molecular complexity index is 2530. The normalized spacial score (nSPS) is 11.3. The second-order valence-corrected chi connectivity index (χ2v) is 12.2. The predicted molar refractivity (Wildman–Crippen MR) is 202 cm³/mol. The number of rotatable bonds is 6. The van der Waals surface area contributed by atoms with Gasteiger partial charge in [0.25, 0.3) is 0 Å². The maximum atomic E-state index is 6.19. The molecule has 230 valence electrons. The van der Waals surface area contributed by atoms with Gasteiger partial charge >= 0.3 is 0 Å². The molecule has 7 aromatic carbocycles. The third kappa shape index (κ3) is 5.48. The molecule has 0 amide bonds. The molecule has 3 heteroatoms. The molecular formula is C46H30N2O. The van der Waals surface area contributed by atoms with Crippen LogP contribution in [0.3, 0.4) is 0 Å². The van der Waals surface area contributed by atoms with Crippen LogP contribution in [-0.4, -0.2) is 9.97 Å². The van der Waals surface area contributed by atoms with Crippen molar-refractivity contribution < 1.29 is 4.42 Å². The molecule has 49 heavy (non-hydrogen) atoms. The van der Waals surface area contributed by atoms with Crippen molar-refractivity contribution in [3.63, 3.8) is 0 Å². The summed E-state index contributed by atoms with van der Waals surface area (Å²) in [6, 6.07) is 63.4. The molecule has 2 aromatic heterocycles. The lowest BCUT2D eigenvalue weighted by atomic mass is 9.90. The van der Waals surface area contributed by atoms with Crippen molar-refractivity contribution in [3.8, 4) is 67.3 Å². The molecule has 0 saturated carbocycles. The Morgan fingerprint density at radius 2 is 0.837 bits per heavy atom. The Morgan fingerprint density at radius 3 is 1.57 bits per heavy atom. The fourth-order valence-electron chi connectivity index (χ4n) is 6.68. The van der Waals surface area contributed by atoms with E-state index < -0.39 is 0 Å². The SMILES string of the molecule is c1ccc(-c2cc(-c3cc(-c4ccc5oc6ccccc6c5c4)cc(-c4ccccc4-c4ccccc4)c3)nc(-c3ccccc3)n2)cc1. The van der Waals surface area contributed by atoms with E-state index in [1.54, 1.807) is 0 Å². The van der Waals surface area contributed by atoms with Gasteiger partial charge in [-0.25, -0.2) is 9.97 Å². The van der Waals surface area contributed by atoms with Gasteiger partial charge in [0, 0.05) is 27.5 Å². The summed E-state index contributed by atoms with van der Waals surface area (Å²) in [7, 11) is 0. The van der Waals surface area contributed by atoms with Crippen LogP contribution < -0.4 is 0 Å². The predicted octanol–water partition coefficient (Wildman–Crippen LogP) is 12.4. The molecule has 0 aliphatic carbocycles. The summed E-state index contributed by atoms with van der Waals surface area (Å²) in [4.78, 5) is 10.3. The highest BCUT2D eigenvalue weighted by Gasteiger charge is 2.16. The molecule has 9 rings (SSSR count). The molecule has 0 aliphatic heterocycles. The van der Waals surface area contributed by atoms with Gasteiger partial charge in [-0.2, -0.15) is 0 Å². The summed E-state index contributed by atoms with van der Waals surface area (Å²) in [5.74, 6) is 0.694. The van der Waals surface area contributed by atoms with Gasteiger partial charge in [0.15, 0.2) is 5.82 Å². The minimum absolute atomic E-state index is 0.694. The zero-order chi connectivity index (χ0) is 32.6. The second kappa shape index (κ2) is 12.2. The smallest absolute Gasteiger partial charge is 0.160 e. The number of hydrogen-bond acceptors (Lipinski definition) is 3. The number of benzene rings is 7. The molecule has 0 unspecified atom stereocenters. The highest BCUT2D eigenvalue weighted by atomic mass is 16.3. The van der Waals surface area contributed by atoms with Crippen molar-refractivity contribution in [2.24, 2.45) is 0 Å². The van der Waals surface area contributed by atoms with E-state index >= 15 is 0 Å². The molecule has 0 aliphatic rings. The van der Waals surface area contributed by atoms with Crippen LogP contribution in [0.4, 0.5) is 0 Å². The molecular weight excluding hydrogens is 597 g/mol. The van der Waals surface area contributed by atoms with Crippen LogP contribution in [0.15, 0.2) is 186 Å². The van der Waals surface area contributed by atoms with Crippen molar-refractivity contribution in [2.45, 2.75) is 0 Å². The van der Waals surface area contributed by atoms with Gasteiger partial charge in [-0.05, 0) is 75.8 Å². The molecule has 0 bridgehead atoms. The maximum Gasteiger partial charge on any atom is 0.160 e. The monoisotopic (exact) mass is 626 g/mol. The van der Waals surface area contributed by atoms with Crippen LogP contribution in [0.1, 0.15) is 0 Å². The quantitative estimate of drug-likeness (QED) is 0.184. The van der Waals surface area contributed by atoms with Crippen LogP contribution in [0, 0.1) is 0 Å². The van der Waals surface area contributed by atoms with Gasteiger partial charge in [-0.3, -0.25) is 0 Å². The van der Waals surface area contributed by atoms with Crippen molar-refractivity contribution in [2.75, 3.05) is 0 Å². The fourth-order valence-corrected chi connectivity index (χ4v) is 6.68. The average molecular weight is 627 g/mol. The number of aromatic nitrogens is 2. The number of fused-ring (bicyclic) bond motifs is 3. The summed E-state index contributed by atoms with van der Waals surface area (Å²) < 4.78 is 6.19. The van der Waals surface area contributed by atoms with Gasteiger partial charge in [-0.15, -0.1) is 0 Å². The van der Waals surface area contributed by atoms with Crippen molar-refractivity contribution >= 4 is 21.9 Å². The van der Waals surface area contributed by atoms with E-state index in [0.29, 0.717) is 5.82 Å². The van der Waals surface area contributed by atoms with E-state index in [4.69, 9.17) is 14.4 Å². The van der Waals surface area contributed by atoms with E-state index in [1.165, 1.54) is 11.1 Å². The molecule has 0 atom stereocenters. The molecule has 0 N–H and O–H groups in total. The first-order valence-corrected chi connectivity index (χ1v) is 16.5. The molecule has 0 fully saturated rings. The van der Waals surface area contributed by atoms with Gasteiger partial charge in [0.1, 0.15) is 11.2 Å². The first-order chi connectivity index (χ1) is 24.3. The average Bonchev–Trinajstić information content (AvgIpc) is 3.57. The van der Waals surface area contributed by atoms with Crippen molar-refractivity contribution in [1.82, 2.24) is 9.97 Å². The zero-order valence-corrected chi connectivity index (χ0v) is 26.6. The minimum Gasteiger partial charge on any atom is -0.456 e. The van der Waals surface area contributed by atoms with E-state index in [9.17, 15) is 0 Å². The molecule has 9 aromatic rings. The number of para-hydroxylation sites is 1. The third-order valence-corrected chi connectivity index (χ3v) is 9.09. The molecule has 0 radical (unpaired) electrons. The summed E-state index contributed by atoms with van der Waals surface area (Å²) in [5.41, 5.74) is 13.4. The van der Waals surface area contributed by atoms with Gasteiger partial charge in [0.05, 0.1) is 11.4 Å². The Balaban J connectivity index is 1.29. The van der Waals surface area contributed by atoms with Gasteiger partial charge < -0.3 is 4.42 Å². The molecule has 2 heterocycles. The Hall–Kier alpha value is -6.58. The number of nitrogens with zero attached hydrogens (tertiary/aromatic N) is 2. The minimum atomic E-state index is 0.694. The topological polar surface area (TPSA) is 38.9 Å². The standard InChI is InChI=1S/C46H30N2O/c1-4-14-31(15-5-1)38-20-10-11-21-39(38)36-26-35(34-24-25-45-41(29-34)40-22-12-13-23-44(40)49-45)27-37(28-36)43-30-42(32-16-6-2-7-17-32)47-46(48-43)33-18-8-3-9-19-33/h1-30H. The lowest BCUT2D eigenvalue weighted by Gasteiger charge is -2.15. The summed E-state index contributed by atoms with van der Waals surface area (Å²) in [5, 5.41) is 2.21. The van der Waals surface area contributed by atoms with Gasteiger partial charge in [0.2, 0.25) is 0 Å². The maximum absolute atomic E-state index is 6.19. The number of hydrogen-bond donors (Lipinski definition) is 0. The van der Waals surface area contributed by atoms with Crippen molar-refractivity contribution in [1.29, 1.82) is 0 Å². The fraction of sp³-hybridized carbons (Fsp3) is 0. The van der Waals surface area contributed by atoms with E-state index in [1.807, 2.05) is 48.5 Å². The van der Waals surface area contributed by atoms with Crippen LogP contribution >= 0.6 is 0 Å². The van der Waals surface area contributed by atoms with E-state index in [-0.39, 0.29) is 0 Å². The number of furan rings is 1. The third-order valence-electron chi connectivity index (χ3n) is 9.09. The molecule has 0 saturated heterocycles. The lowest BCUT2D eigenvalue weighted by Crippen LogP contribution is -1.96. The summed E-state index contributed by atoms with van der Waals surface area (Å²) in [6.07, 6.45) is 0. The molecule has 0 spiro atoms. The second-order valence-electron chi connectivity index (χ2n) is 12.2. The highest BCUT2D eigenvalue weighted by Crippen LogP contribution is 2.39. The first kappa shape index (κ1) is 28.6. The first-order valence-electron chi connectivity index (χ1n) is 16.5. The Labute approximate surface area is 284 Å². The van der Waals surface area contributed by atoms with Crippen molar-refractivity contribution in [3.05, 3.63) is 182 Å². The van der Waals surface area contributed by atoms with E-state index in [2.05, 4.69) is 133 Å². The summed E-state index contributed by atoms with van der Waals surface area (Å²) in [6.45, 7) is 0. The summed E-state index contributed by atoms with van der Waals surface area (Å²) >= 11 is 0. The van der Waals surface area contributed by atoms with Crippen LogP contribution in [0.2, 0.25) is 0 Å². The zero-order valence-electron chi connectivity index (χ0n) is 26.6. The lowest BCUT2D eigenvalue weighted by molar-refractivity contribution is 0.669. The van der Waals surface area contributed by atoms with Gasteiger partial charge in [-0.1, -0.05) is 140 Å². The highest BCUT2D eigenvalue weighted by molar-refractivity contribution is 6.06. The van der Waals surface area contributed by atoms with E-state index in [0.717, 1.165) is 72.3 Å². The molecule has 3 nitrogen and oxygen atoms in total. The Morgan fingerprint density at radius 1 is 0.306 bits per heavy atom. The largest absolute Gasteiger partial charge is 0.456 e. The van der Waals surface area contributed by atoms with Crippen LogP contribution in [-0.2, 0) is 0 Å².